The van der Waals surface area contributed by atoms with Crippen LogP contribution >= 0.6 is 24.0 Å². The molecule has 0 radical (unpaired) electrons. The number of nitrogens with one attached hydrogen (secondary N) is 1. The molecule has 33 heavy (non-hydrogen) atoms. The monoisotopic (exact) mass is 570 g/mol. The Bertz CT molecular complexity index is 917. The maximum absolute atomic E-state index is 5.59. The van der Waals surface area contributed by atoms with Gasteiger partial charge in [0.2, 0.25) is 5.75 Å². The Morgan fingerprint density at radius 2 is 1.64 bits per heavy atom. The summed E-state index contributed by atoms with van der Waals surface area (Å²) < 4.78 is 21.8. The Kier molecular flexibility index (Phi) is 10.7. The molecular formula is C24H35IN4O4. The molecule has 0 aliphatic carbocycles. The lowest BCUT2D eigenvalue weighted by Crippen LogP contribution is -2.52. The van der Waals surface area contributed by atoms with Crippen molar-refractivity contribution < 1.29 is 18.9 Å². The SMILES string of the molecule is CN=C(NCCc1ccc(OC)c(OC)c1OC)N1CCN(c2cccc(OC)c2)CC1.I. The van der Waals surface area contributed by atoms with E-state index >= 15 is 0 Å². The second-order valence-electron chi connectivity index (χ2n) is 7.39. The first kappa shape index (κ1) is 26.7. The van der Waals surface area contributed by atoms with E-state index in [0.717, 1.165) is 56.4 Å². The molecule has 1 N–H and O–H groups in total. The van der Waals surface area contributed by atoms with E-state index < -0.39 is 0 Å². The molecule has 0 unspecified atom stereocenters. The van der Waals surface area contributed by atoms with Crippen molar-refractivity contribution in [3.8, 4) is 23.0 Å². The molecule has 0 amide bonds. The third-order valence-corrected chi connectivity index (χ3v) is 5.67. The molecule has 0 saturated carbocycles. The van der Waals surface area contributed by atoms with Crippen LogP contribution in [-0.2, 0) is 6.42 Å². The molecule has 1 fully saturated rings. The molecule has 0 spiro atoms. The number of hydrogen-bond acceptors (Lipinski definition) is 6. The summed E-state index contributed by atoms with van der Waals surface area (Å²) in [4.78, 5) is 9.16. The van der Waals surface area contributed by atoms with Gasteiger partial charge in [-0.1, -0.05) is 12.1 Å². The maximum atomic E-state index is 5.59. The number of aliphatic imine (C=N–C) groups is 1. The number of hydrogen-bond donors (Lipinski definition) is 1. The van der Waals surface area contributed by atoms with Gasteiger partial charge in [0.05, 0.1) is 28.4 Å². The first-order chi connectivity index (χ1) is 15.6. The van der Waals surface area contributed by atoms with Crippen molar-refractivity contribution in [2.24, 2.45) is 4.99 Å². The number of rotatable bonds is 8. The number of benzene rings is 2. The van der Waals surface area contributed by atoms with Gasteiger partial charge in [-0.25, -0.2) is 0 Å². The standard InChI is InChI=1S/C24H34N4O4.HI/c1-25-24(26-12-11-18-9-10-21(30-3)23(32-5)22(18)31-4)28-15-13-27(14-16-28)19-7-6-8-20(17-19)29-2;/h6-10,17H,11-16H2,1-5H3,(H,25,26);1H. The van der Waals surface area contributed by atoms with Crippen LogP contribution in [0.3, 0.4) is 0 Å². The molecule has 2 aromatic rings. The highest BCUT2D eigenvalue weighted by molar-refractivity contribution is 14.0. The number of ether oxygens (including phenoxy) is 4. The van der Waals surface area contributed by atoms with E-state index in [0.29, 0.717) is 17.2 Å². The molecule has 8 nitrogen and oxygen atoms in total. The van der Waals surface area contributed by atoms with Gasteiger partial charge in [-0.15, -0.1) is 24.0 Å². The number of anilines is 1. The van der Waals surface area contributed by atoms with E-state index in [1.807, 2.05) is 31.3 Å². The van der Waals surface area contributed by atoms with Crippen LogP contribution in [-0.4, -0.2) is 79.1 Å². The zero-order chi connectivity index (χ0) is 22.9. The largest absolute Gasteiger partial charge is 0.497 e. The van der Waals surface area contributed by atoms with E-state index in [9.17, 15) is 0 Å². The van der Waals surface area contributed by atoms with Gasteiger partial charge in [0.15, 0.2) is 17.5 Å². The van der Waals surface area contributed by atoms with Crippen molar-refractivity contribution >= 4 is 35.6 Å². The van der Waals surface area contributed by atoms with Gasteiger partial charge in [0.1, 0.15) is 5.75 Å². The summed E-state index contributed by atoms with van der Waals surface area (Å²) >= 11 is 0. The third-order valence-electron chi connectivity index (χ3n) is 5.67. The molecule has 2 aromatic carbocycles. The summed E-state index contributed by atoms with van der Waals surface area (Å²) in [7, 11) is 8.42. The quantitative estimate of drug-likeness (QED) is 0.297. The van der Waals surface area contributed by atoms with Crippen LogP contribution in [0.15, 0.2) is 41.4 Å². The van der Waals surface area contributed by atoms with E-state index in [1.165, 1.54) is 5.69 Å². The number of halogens is 1. The molecule has 0 aromatic heterocycles. The number of guanidine groups is 1. The smallest absolute Gasteiger partial charge is 0.203 e. The molecule has 0 bridgehead atoms. The van der Waals surface area contributed by atoms with Gasteiger partial charge in [-0.05, 0) is 24.6 Å². The molecule has 0 atom stereocenters. The summed E-state index contributed by atoms with van der Waals surface area (Å²) in [5.74, 6) is 3.77. The Balaban J connectivity index is 0.00000385. The van der Waals surface area contributed by atoms with E-state index in [4.69, 9.17) is 18.9 Å². The summed E-state index contributed by atoms with van der Waals surface area (Å²) in [5, 5.41) is 3.49. The van der Waals surface area contributed by atoms with E-state index in [1.54, 1.807) is 28.4 Å². The topological polar surface area (TPSA) is 67.8 Å². The maximum Gasteiger partial charge on any atom is 0.203 e. The van der Waals surface area contributed by atoms with Crippen LogP contribution in [0.25, 0.3) is 0 Å². The summed E-state index contributed by atoms with van der Waals surface area (Å²) in [5.41, 5.74) is 2.24. The molecular weight excluding hydrogens is 535 g/mol. The zero-order valence-corrected chi connectivity index (χ0v) is 22.4. The Hall–Kier alpha value is -2.56. The van der Waals surface area contributed by atoms with E-state index in [2.05, 4.69) is 32.2 Å². The van der Waals surface area contributed by atoms with Crippen molar-refractivity contribution in [3.05, 3.63) is 42.0 Å². The molecule has 182 valence electrons. The van der Waals surface area contributed by atoms with Crippen LogP contribution in [0.1, 0.15) is 5.56 Å². The zero-order valence-electron chi connectivity index (χ0n) is 20.1. The predicted octanol–water partition coefficient (Wildman–Crippen LogP) is 3.28. The predicted molar refractivity (Wildman–Crippen MR) is 143 cm³/mol. The third kappa shape index (κ3) is 6.49. The highest BCUT2D eigenvalue weighted by Gasteiger charge is 2.21. The van der Waals surface area contributed by atoms with Gasteiger partial charge in [0, 0.05) is 57.1 Å². The lowest BCUT2D eigenvalue weighted by Gasteiger charge is -2.37. The molecule has 9 heteroatoms. The second-order valence-corrected chi connectivity index (χ2v) is 7.39. The highest BCUT2D eigenvalue weighted by atomic mass is 127. The van der Waals surface area contributed by atoms with Crippen molar-refractivity contribution in [1.29, 1.82) is 0 Å². The minimum atomic E-state index is 0. The van der Waals surface area contributed by atoms with Crippen molar-refractivity contribution in [1.82, 2.24) is 10.2 Å². The van der Waals surface area contributed by atoms with Crippen LogP contribution < -0.4 is 29.2 Å². The van der Waals surface area contributed by atoms with Crippen LogP contribution in [0.5, 0.6) is 23.0 Å². The van der Waals surface area contributed by atoms with Crippen molar-refractivity contribution in [2.75, 3.05) is 73.1 Å². The number of piperazine rings is 1. The first-order valence-corrected chi connectivity index (χ1v) is 10.8. The average molecular weight is 570 g/mol. The van der Waals surface area contributed by atoms with Crippen LogP contribution in [0.2, 0.25) is 0 Å². The van der Waals surface area contributed by atoms with Crippen LogP contribution in [0, 0.1) is 0 Å². The van der Waals surface area contributed by atoms with Gasteiger partial charge < -0.3 is 34.1 Å². The fourth-order valence-electron chi connectivity index (χ4n) is 3.98. The molecule has 1 heterocycles. The average Bonchev–Trinajstić information content (AvgIpc) is 2.86. The molecule has 1 aliphatic heterocycles. The second kappa shape index (κ2) is 13.2. The normalized spacial score (nSPS) is 13.8. The van der Waals surface area contributed by atoms with E-state index in [-0.39, 0.29) is 24.0 Å². The Labute approximate surface area is 213 Å². The molecule has 3 rings (SSSR count). The number of nitrogens with zero attached hydrogens (tertiary/aromatic N) is 3. The summed E-state index contributed by atoms with van der Waals surface area (Å²) in [6.07, 6.45) is 0.770. The number of methoxy groups -OCH3 is 4. The molecule has 1 saturated heterocycles. The van der Waals surface area contributed by atoms with Crippen molar-refractivity contribution in [3.63, 3.8) is 0 Å². The fraction of sp³-hybridized carbons (Fsp3) is 0.458. The first-order valence-electron chi connectivity index (χ1n) is 10.8. The minimum absolute atomic E-state index is 0. The Morgan fingerprint density at radius 1 is 0.909 bits per heavy atom. The van der Waals surface area contributed by atoms with Gasteiger partial charge in [0.25, 0.3) is 0 Å². The molecule has 1 aliphatic rings. The minimum Gasteiger partial charge on any atom is -0.497 e. The van der Waals surface area contributed by atoms with Crippen LogP contribution in [0.4, 0.5) is 5.69 Å². The van der Waals surface area contributed by atoms with Gasteiger partial charge in [-0.3, -0.25) is 4.99 Å². The Morgan fingerprint density at radius 3 is 2.24 bits per heavy atom. The highest BCUT2D eigenvalue weighted by Crippen LogP contribution is 2.39. The lowest BCUT2D eigenvalue weighted by molar-refractivity contribution is 0.322. The van der Waals surface area contributed by atoms with Gasteiger partial charge in [-0.2, -0.15) is 0 Å². The summed E-state index contributed by atoms with van der Waals surface area (Å²) in [6.45, 7) is 4.39. The summed E-state index contributed by atoms with van der Waals surface area (Å²) in [6, 6.07) is 12.1. The fourth-order valence-corrected chi connectivity index (χ4v) is 3.98. The lowest BCUT2D eigenvalue weighted by atomic mass is 10.1. The van der Waals surface area contributed by atoms with Crippen molar-refractivity contribution in [2.45, 2.75) is 6.42 Å². The van der Waals surface area contributed by atoms with Gasteiger partial charge >= 0.3 is 0 Å².